The molecule has 7 nitrogen and oxygen atoms in total. The second kappa shape index (κ2) is 6.96. The highest BCUT2D eigenvalue weighted by Crippen LogP contribution is 2.43. The third-order valence-electron chi connectivity index (χ3n) is 5.22. The Morgan fingerprint density at radius 3 is 2.46 bits per heavy atom. The van der Waals surface area contributed by atoms with Gasteiger partial charge in [-0.1, -0.05) is 0 Å². The van der Waals surface area contributed by atoms with Crippen LogP contribution in [0.15, 0.2) is 30.7 Å². The van der Waals surface area contributed by atoms with E-state index in [2.05, 4.69) is 4.98 Å². The molecule has 3 rings (SSSR count). The zero-order valence-corrected chi connectivity index (χ0v) is 17.3. The SMILES string of the molecule is CC(=O)N1c2ccc(-n3cnc(C)c3)cc2[C@H](N(C(=O)O)C(C)(C)C)C[C@@H]1C. The standard InChI is InChI=1S/C21H28N4O3/c1-13-11-23(12-22-13)16-7-8-18-17(10-16)19(9-14(2)24(18)15(3)26)25(20(27)28)21(4,5)6/h7-8,10-12,14,19H,9H2,1-6H3,(H,27,28)/t14-,19+/m0/s1. The predicted molar refractivity (Wildman–Crippen MR) is 108 cm³/mol. The molecule has 1 aliphatic rings. The number of anilines is 1. The number of nitrogens with zero attached hydrogens (tertiary/aromatic N) is 4. The smallest absolute Gasteiger partial charge is 0.408 e. The number of hydrogen-bond acceptors (Lipinski definition) is 3. The van der Waals surface area contributed by atoms with Gasteiger partial charge in [0.15, 0.2) is 0 Å². The number of rotatable bonds is 2. The average molecular weight is 384 g/mol. The number of aromatic nitrogens is 2. The van der Waals surface area contributed by atoms with Crippen LogP contribution in [0.4, 0.5) is 10.5 Å². The van der Waals surface area contributed by atoms with Gasteiger partial charge >= 0.3 is 6.09 Å². The highest BCUT2D eigenvalue weighted by atomic mass is 16.4. The summed E-state index contributed by atoms with van der Waals surface area (Å²) in [5.74, 6) is -0.0453. The van der Waals surface area contributed by atoms with E-state index in [-0.39, 0.29) is 18.0 Å². The molecule has 150 valence electrons. The van der Waals surface area contributed by atoms with Gasteiger partial charge in [-0.2, -0.15) is 0 Å². The molecule has 0 spiro atoms. The zero-order valence-electron chi connectivity index (χ0n) is 17.3. The fourth-order valence-electron chi connectivity index (χ4n) is 4.16. The highest BCUT2D eigenvalue weighted by molar-refractivity contribution is 5.94. The van der Waals surface area contributed by atoms with Crippen LogP contribution in [0.5, 0.6) is 0 Å². The topological polar surface area (TPSA) is 78.7 Å². The molecule has 0 aliphatic carbocycles. The second-order valence-corrected chi connectivity index (χ2v) is 8.48. The van der Waals surface area contributed by atoms with E-state index in [1.54, 1.807) is 18.2 Å². The predicted octanol–water partition coefficient (Wildman–Crippen LogP) is 4.15. The van der Waals surface area contributed by atoms with Gasteiger partial charge in [0.05, 0.1) is 18.1 Å². The second-order valence-electron chi connectivity index (χ2n) is 8.48. The molecule has 0 unspecified atom stereocenters. The Bertz CT molecular complexity index is 913. The van der Waals surface area contributed by atoms with E-state index in [4.69, 9.17) is 0 Å². The summed E-state index contributed by atoms with van der Waals surface area (Å²) in [5.41, 5.74) is 2.83. The number of imidazole rings is 1. The summed E-state index contributed by atoms with van der Waals surface area (Å²) in [6.07, 6.45) is 3.24. The normalized spacial score (nSPS) is 19.3. The minimum absolute atomic E-state index is 0.0453. The average Bonchev–Trinajstić information content (AvgIpc) is 2.99. The molecule has 1 aromatic carbocycles. The van der Waals surface area contributed by atoms with Gasteiger partial charge in [-0.15, -0.1) is 0 Å². The Balaban J connectivity index is 2.20. The molecule has 0 fully saturated rings. The summed E-state index contributed by atoms with van der Waals surface area (Å²) in [7, 11) is 0. The van der Waals surface area contributed by atoms with Crippen molar-refractivity contribution < 1.29 is 14.7 Å². The molecule has 0 radical (unpaired) electrons. The Labute approximate surface area is 165 Å². The Morgan fingerprint density at radius 1 is 1.29 bits per heavy atom. The van der Waals surface area contributed by atoms with Gasteiger partial charge in [0.2, 0.25) is 5.91 Å². The highest BCUT2D eigenvalue weighted by Gasteiger charge is 2.41. The van der Waals surface area contributed by atoms with Crippen LogP contribution in [0.25, 0.3) is 5.69 Å². The molecule has 0 saturated carbocycles. The van der Waals surface area contributed by atoms with Gasteiger partial charge in [0.25, 0.3) is 0 Å². The summed E-state index contributed by atoms with van der Waals surface area (Å²) in [6.45, 7) is 11.1. The van der Waals surface area contributed by atoms with Crippen LogP contribution >= 0.6 is 0 Å². The van der Waals surface area contributed by atoms with Gasteiger partial charge in [-0.25, -0.2) is 9.78 Å². The molecule has 1 N–H and O–H groups in total. The minimum Gasteiger partial charge on any atom is -0.465 e. The van der Waals surface area contributed by atoms with E-state index in [0.29, 0.717) is 6.42 Å². The number of carboxylic acid groups (broad SMARTS) is 1. The van der Waals surface area contributed by atoms with Crippen molar-refractivity contribution in [1.82, 2.24) is 14.5 Å². The summed E-state index contributed by atoms with van der Waals surface area (Å²) in [4.78, 5) is 32.0. The van der Waals surface area contributed by atoms with Gasteiger partial charge in [0, 0.05) is 41.6 Å². The molecular formula is C21H28N4O3. The van der Waals surface area contributed by atoms with Crippen molar-refractivity contribution in [2.45, 2.75) is 65.6 Å². The van der Waals surface area contributed by atoms with E-state index >= 15 is 0 Å². The Hall–Kier alpha value is -2.83. The van der Waals surface area contributed by atoms with Crippen LogP contribution in [0.2, 0.25) is 0 Å². The number of fused-ring (bicyclic) bond motifs is 1. The monoisotopic (exact) mass is 384 g/mol. The first-order chi connectivity index (χ1) is 13.0. The number of carbonyl (C=O) groups is 2. The maximum atomic E-state index is 12.3. The van der Waals surface area contributed by atoms with Crippen LogP contribution in [0.3, 0.4) is 0 Å². The molecule has 2 heterocycles. The van der Waals surface area contributed by atoms with Crippen molar-refractivity contribution in [3.8, 4) is 5.69 Å². The van der Waals surface area contributed by atoms with Crippen molar-refractivity contribution in [2.24, 2.45) is 0 Å². The molecule has 1 aliphatic heterocycles. The molecule has 2 aromatic rings. The number of aryl methyl sites for hydroxylation is 1. The maximum Gasteiger partial charge on any atom is 0.408 e. The fourth-order valence-corrected chi connectivity index (χ4v) is 4.16. The van der Waals surface area contributed by atoms with Crippen LogP contribution in [-0.2, 0) is 4.79 Å². The quantitative estimate of drug-likeness (QED) is 0.844. The molecular weight excluding hydrogens is 356 g/mol. The first-order valence-electron chi connectivity index (χ1n) is 9.47. The number of carbonyl (C=O) groups excluding carboxylic acids is 1. The van der Waals surface area contributed by atoms with Crippen LogP contribution < -0.4 is 4.90 Å². The van der Waals surface area contributed by atoms with Crippen molar-refractivity contribution in [3.63, 3.8) is 0 Å². The molecule has 2 amide bonds. The van der Waals surface area contributed by atoms with Gasteiger partial charge < -0.3 is 14.6 Å². The lowest BCUT2D eigenvalue weighted by atomic mass is 9.87. The third kappa shape index (κ3) is 3.48. The summed E-state index contributed by atoms with van der Waals surface area (Å²) < 4.78 is 1.91. The molecule has 2 atom stereocenters. The molecule has 1 aromatic heterocycles. The van der Waals surface area contributed by atoms with Crippen LogP contribution in [-0.4, -0.2) is 43.1 Å². The van der Waals surface area contributed by atoms with E-state index in [1.807, 2.05) is 63.6 Å². The summed E-state index contributed by atoms with van der Waals surface area (Å²) in [6, 6.07) is 5.38. The molecule has 7 heteroatoms. The minimum atomic E-state index is -0.962. The first kappa shape index (κ1) is 19.9. The van der Waals surface area contributed by atoms with Gasteiger partial charge in [-0.3, -0.25) is 9.69 Å². The lowest BCUT2D eigenvalue weighted by Gasteiger charge is -2.46. The van der Waals surface area contributed by atoms with Crippen molar-refractivity contribution in [2.75, 3.05) is 4.90 Å². The number of benzene rings is 1. The third-order valence-corrected chi connectivity index (χ3v) is 5.22. The molecule has 0 bridgehead atoms. The van der Waals surface area contributed by atoms with Gasteiger partial charge in [-0.05, 0) is 59.2 Å². The molecule has 28 heavy (non-hydrogen) atoms. The largest absolute Gasteiger partial charge is 0.465 e. The number of hydrogen-bond donors (Lipinski definition) is 1. The van der Waals surface area contributed by atoms with E-state index in [0.717, 1.165) is 22.6 Å². The fraction of sp³-hybridized carbons (Fsp3) is 0.476. The summed E-state index contributed by atoms with van der Waals surface area (Å²) >= 11 is 0. The van der Waals surface area contributed by atoms with Crippen molar-refractivity contribution in [1.29, 1.82) is 0 Å². The summed E-state index contributed by atoms with van der Waals surface area (Å²) in [5, 5.41) is 9.97. The van der Waals surface area contributed by atoms with E-state index in [9.17, 15) is 14.7 Å². The van der Waals surface area contributed by atoms with Crippen molar-refractivity contribution in [3.05, 3.63) is 42.0 Å². The Morgan fingerprint density at radius 2 is 1.96 bits per heavy atom. The van der Waals surface area contributed by atoms with Crippen LogP contribution in [0.1, 0.15) is 58.3 Å². The van der Waals surface area contributed by atoms with Gasteiger partial charge in [0.1, 0.15) is 0 Å². The Kier molecular flexibility index (Phi) is 4.95. The lowest BCUT2D eigenvalue weighted by molar-refractivity contribution is -0.117. The van der Waals surface area contributed by atoms with Crippen LogP contribution in [0, 0.1) is 6.92 Å². The van der Waals surface area contributed by atoms with E-state index in [1.165, 1.54) is 4.90 Å². The van der Waals surface area contributed by atoms with Crippen molar-refractivity contribution >= 4 is 17.7 Å². The zero-order chi connectivity index (χ0) is 20.8. The first-order valence-corrected chi connectivity index (χ1v) is 9.47. The van der Waals surface area contributed by atoms with E-state index < -0.39 is 11.6 Å². The number of amides is 2. The lowest BCUT2D eigenvalue weighted by Crippen LogP contribution is -2.52. The maximum absolute atomic E-state index is 12.3. The molecule has 0 saturated heterocycles.